The average molecular weight is 471 g/mol. The summed E-state index contributed by atoms with van der Waals surface area (Å²) in [6.07, 6.45) is 8.02. The summed E-state index contributed by atoms with van der Waals surface area (Å²) in [5, 5.41) is 32.4. The zero-order valence-electron chi connectivity index (χ0n) is 22.2. The van der Waals surface area contributed by atoms with Crippen LogP contribution in [0.1, 0.15) is 92.9 Å². The lowest BCUT2D eigenvalue weighted by Gasteiger charge is -2.71. The maximum atomic E-state index is 12.8. The topological polar surface area (TPSA) is 77.8 Å². The Morgan fingerprint density at radius 3 is 2.35 bits per heavy atom. The number of aliphatic carboxylic acids is 1. The summed E-state index contributed by atoms with van der Waals surface area (Å²) >= 11 is 0. The fourth-order valence-corrected chi connectivity index (χ4v) is 10.7. The molecule has 0 aliphatic heterocycles. The maximum Gasteiger partial charge on any atom is 0.310 e. The van der Waals surface area contributed by atoms with E-state index in [1.165, 1.54) is 11.1 Å². The van der Waals surface area contributed by atoms with E-state index >= 15 is 0 Å². The number of hydrogen-bond donors (Lipinski definition) is 3. The lowest BCUT2D eigenvalue weighted by molar-refractivity contribution is -0.231. The third-order valence-corrected chi connectivity index (χ3v) is 12.9. The van der Waals surface area contributed by atoms with Gasteiger partial charge >= 0.3 is 5.97 Å². The van der Waals surface area contributed by atoms with Gasteiger partial charge in [0, 0.05) is 5.92 Å². The van der Waals surface area contributed by atoms with Crippen LogP contribution in [0.15, 0.2) is 23.8 Å². The second-order valence-corrected chi connectivity index (χ2v) is 14.2. The minimum atomic E-state index is -0.690. The number of carbonyl (C=O) groups is 1. The second kappa shape index (κ2) is 7.22. The number of carboxylic acid groups (broad SMARTS) is 1. The first-order valence-electron chi connectivity index (χ1n) is 13.6. The van der Waals surface area contributed by atoms with Gasteiger partial charge in [0.1, 0.15) is 0 Å². The lowest BCUT2D eigenvalue weighted by atomic mass is 9.33. The number of carboxylic acids is 1. The van der Waals surface area contributed by atoms with Crippen LogP contribution < -0.4 is 0 Å². The van der Waals surface area contributed by atoms with Crippen molar-refractivity contribution in [2.45, 2.75) is 105 Å². The van der Waals surface area contributed by atoms with Crippen LogP contribution in [0.4, 0.5) is 0 Å². The molecule has 0 bridgehead atoms. The Kier molecular flexibility index (Phi) is 5.21. The first-order valence-corrected chi connectivity index (χ1v) is 13.6. The van der Waals surface area contributed by atoms with E-state index in [0.717, 1.165) is 38.5 Å². The summed E-state index contributed by atoms with van der Waals surface area (Å²) in [6.45, 7) is 18.2. The van der Waals surface area contributed by atoms with E-state index in [2.05, 4.69) is 54.2 Å². The molecule has 5 rings (SSSR count). The SMILES string of the molecule is C=C1CC[C@]2(C(=O)O)CC[C@]3(C)C(=CC[C@@H]4[C@@]5(C)C[C@@H](O)[C@@H](O)C(C)(C)[C@@H]5CC[C@]43C)[C@@H]2[C@H]1C. The minimum absolute atomic E-state index is 0.0310. The molecule has 10 atom stereocenters. The molecule has 5 aliphatic carbocycles. The third-order valence-electron chi connectivity index (χ3n) is 12.9. The monoisotopic (exact) mass is 470 g/mol. The van der Waals surface area contributed by atoms with E-state index in [4.69, 9.17) is 0 Å². The Morgan fingerprint density at radius 2 is 1.71 bits per heavy atom. The van der Waals surface area contributed by atoms with Crippen molar-refractivity contribution in [3.8, 4) is 0 Å². The summed E-state index contributed by atoms with van der Waals surface area (Å²) in [5.41, 5.74) is 1.56. The standard InChI is InChI=1S/C30H46O4/c1-17-10-13-30(25(33)34)15-14-28(6)19(23(30)18(17)2)8-9-22-27(5)16-20(31)24(32)26(3,4)21(27)11-12-29(22,28)7/h8,18,20-24,31-32H,1,9-16H2,2-7H3,(H,33,34)/t18-,20+,21-,22+,23-,24+,27-,28+,29+,30-/m0/s1. The molecule has 4 fully saturated rings. The van der Waals surface area contributed by atoms with Crippen molar-refractivity contribution in [3.05, 3.63) is 23.8 Å². The molecule has 4 heteroatoms. The number of hydrogen-bond acceptors (Lipinski definition) is 3. The first-order chi connectivity index (χ1) is 15.7. The number of allylic oxidation sites excluding steroid dienone is 3. The van der Waals surface area contributed by atoms with Crippen LogP contribution in [-0.2, 0) is 4.79 Å². The summed E-state index contributed by atoms with van der Waals surface area (Å²) in [6, 6.07) is 0. The molecule has 5 aliphatic rings. The van der Waals surface area contributed by atoms with Crippen LogP contribution >= 0.6 is 0 Å². The molecule has 4 saturated carbocycles. The number of rotatable bonds is 1. The van der Waals surface area contributed by atoms with Gasteiger partial charge in [-0.3, -0.25) is 4.79 Å². The van der Waals surface area contributed by atoms with Gasteiger partial charge in [-0.2, -0.15) is 0 Å². The Hall–Kier alpha value is -1.13. The van der Waals surface area contributed by atoms with Crippen molar-refractivity contribution < 1.29 is 20.1 Å². The van der Waals surface area contributed by atoms with Gasteiger partial charge in [0.05, 0.1) is 17.6 Å². The highest BCUT2D eigenvalue weighted by Crippen LogP contribution is 2.75. The van der Waals surface area contributed by atoms with Gasteiger partial charge in [-0.25, -0.2) is 0 Å². The number of aliphatic hydroxyl groups excluding tert-OH is 2. The van der Waals surface area contributed by atoms with Crippen LogP contribution in [0.3, 0.4) is 0 Å². The third kappa shape index (κ3) is 2.71. The molecule has 0 heterocycles. The highest BCUT2D eigenvalue weighted by molar-refractivity contribution is 5.77. The zero-order chi connectivity index (χ0) is 25.1. The van der Waals surface area contributed by atoms with Crippen LogP contribution in [0.5, 0.6) is 0 Å². The van der Waals surface area contributed by atoms with Crippen molar-refractivity contribution in [1.82, 2.24) is 0 Å². The highest BCUT2D eigenvalue weighted by atomic mass is 16.4. The molecule has 0 unspecified atom stereocenters. The Balaban J connectivity index is 1.63. The number of aliphatic hydroxyl groups is 2. The Bertz CT molecular complexity index is 949. The minimum Gasteiger partial charge on any atom is -0.481 e. The molecular weight excluding hydrogens is 424 g/mol. The molecule has 3 N–H and O–H groups in total. The molecule has 0 aromatic heterocycles. The highest BCUT2D eigenvalue weighted by Gasteiger charge is 2.70. The Labute approximate surface area is 205 Å². The summed E-state index contributed by atoms with van der Waals surface area (Å²) < 4.78 is 0. The van der Waals surface area contributed by atoms with Crippen molar-refractivity contribution in [1.29, 1.82) is 0 Å². The van der Waals surface area contributed by atoms with E-state index in [-0.39, 0.29) is 33.5 Å². The van der Waals surface area contributed by atoms with Crippen molar-refractivity contribution >= 4 is 5.97 Å². The smallest absolute Gasteiger partial charge is 0.310 e. The van der Waals surface area contributed by atoms with Gasteiger partial charge in [0.2, 0.25) is 0 Å². The van der Waals surface area contributed by atoms with E-state index < -0.39 is 23.6 Å². The summed E-state index contributed by atoms with van der Waals surface area (Å²) in [4.78, 5) is 12.8. The van der Waals surface area contributed by atoms with E-state index in [0.29, 0.717) is 24.7 Å². The molecule has 0 aromatic rings. The molecule has 4 nitrogen and oxygen atoms in total. The molecule has 0 spiro atoms. The van der Waals surface area contributed by atoms with E-state index in [9.17, 15) is 20.1 Å². The summed E-state index contributed by atoms with van der Waals surface area (Å²) in [5.74, 6) is 0.379. The second-order valence-electron chi connectivity index (χ2n) is 14.2. The van der Waals surface area contributed by atoms with Gasteiger partial charge in [-0.05, 0) is 90.8 Å². The quantitative estimate of drug-likeness (QED) is 0.412. The largest absolute Gasteiger partial charge is 0.481 e. The predicted octanol–water partition coefficient (Wildman–Crippen LogP) is 5.98. The molecule has 0 amide bonds. The fourth-order valence-electron chi connectivity index (χ4n) is 10.7. The molecule has 190 valence electrons. The van der Waals surface area contributed by atoms with Gasteiger partial charge < -0.3 is 15.3 Å². The van der Waals surface area contributed by atoms with Crippen molar-refractivity contribution in [3.63, 3.8) is 0 Å². The average Bonchev–Trinajstić information content (AvgIpc) is 2.75. The zero-order valence-corrected chi connectivity index (χ0v) is 22.2. The first kappa shape index (κ1) is 24.6. The molecule has 0 saturated heterocycles. The summed E-state index contributed by atoms with van der Waals surface area (Å²) in [7, 11) is 0. The fraction of sp³-hybridized carbons (Fsp3) is 0.833. The van der Waals surface area contributed by atoms with Gasteiger partial charge in [-0.15, -0.1) is 0 Å². The van der Waals surface area contributed by atoms with Gasteiger partial charge in [-0.1, -0.05) is 65.3 Å². The molecule has 0 aromatic carbocycles. The van der Waals surface area contributed by atoms with E-state index in [1.807, 2.05) is 0 Å². The van der Waals surface area contributed by atoms with Gasteiger partial charge in [0.25, 0.3) is 0 Å². The van der Waals surface area contributed by atoms with Crippen LogP contribution in [0.25, 0.3) is 0 Å². The van der Waals surface area contributed by atoms with E-state index in [1.54, 1.807) is 0 Å². The van der Waals surface area contributed by atoms with Crippen LogP contribution in [-0.4, -0.2) is 33.5 Å². The lowest BCUT2D eigenvalue weighted by Crippen LogP contribution is -2.67. The van der Waals surface area contributed by atoms with Crippen molar-refractivity contribution in [2.24, 2.45) is 50.7 Å². The predicted molar refractivity (Wildman–Crippen MR) is 134 cm³/mol. The molecular formula is C30H46O4. The maximum absolute atomic E-state index is 12.8. The Morgan fingerprint density at radius 1 is 1.03 bits per heavy atom. The van der Waals surface area contributed by atoms with Crippen LogP contribution in [0, 0.1) is 50.7 Å². The number of fused-ring (bicyclic) bond motifs is 7. The molecule has 0 radical (unpaired) electrons. The van der Waals surface area contributed by atoms with Crippen LogP contribution in [0.2, 0.25) is 0 Å². The van der Waals surface area contributed by atoms with Gasteiger partial charge in [0.15, 0.2) is 0 Å². The van der Waals surface area contributed by atoms with Crippen molar-refractivity contribution in [2.75, 3.05) is 0 Å². The molecule has 34 heavy (non-hydrogen) atoms. The normalized spacial score (nSPS) is 54.1.